The molecule has 0 amide bonds. The second-order valence-electron chi connectivity index (χ2n) is 9.33. The van der Waals surface area contributed by atoms with Gasteiger partial charge in [0.15, 0.2) is 17.2 Å². The van der Waals surface area contributed by atoms with Crippen molar-refractivity contribution in [1.29, 1.82) is 0 Å². The largest absolute Gasteiger partial charge is 0.488 e. The lowest BCUT2D eigenvalue weighted by atomic mass is 9.98. The van der Waals surface area contributed by atoms with Gasteiger partial charge in [0.25, 0.3) is 5.69 Å². The molecule has 0 fully saturated rings. The standard InChI is InChI=1S/C26H26FN5O7/c1-26(2,3)24(33)39-31-11-10-19-22(31)29-25(28-16-8-9-21(20(27)14-16)37-13-12-36-4)30-23(19)38-18-7-5-6-17(15-18)32(34)35/h5-11,14-15H,12-13H2,1-4H3,(H,28,29,30). The highest BCUT2D eigenvalue weighted by Crippen LogP contribution is 2.32. The zero-order chi connectivity index (χ0) is 28.2. The third-order valence-electron chi connectivity index (χ3n) is 5.25. The van der Waals surface area contributed by atoms with Crippen molar-refractivity contribution in [2.45, 2.75) is 20.8 Å². The summed E-state index contributed by atoms with van der Waals surface area (Å²) in [6, 6.07) is 11.4. The number of fused-ring (bicyclic) bond motifs is 1. The molecule has 39 heavy (non-hydrogen) atoms. The predicted molar refractivity (Wildman–Crippen MR) is 139 cm³/mol. The van der Waals surface area contributed by atoms with E-state index in [0.717, 1.165) is 0 Å². The van der Waals surface area contributed by atoms with Crippen LogP contribution in [0.2, 0.25) is 0 Å². The van der Waals surface area contributed by atoms with Crippen molar-refractivity contribution in [3.8, 4) is 17.4 Å². The lowest BCUT2D eigenvalue weighted by molar-refractivity contribution is -0.384. The van der Waals surface area contributed by atoms with Crippen LogP contribution in [0.5, 0.6) is 17.4 Å². The molecule has 2 aromatic carbocycles. The molecule has 4 rings (SSSR count). The maximum atomic E-state index is 14.6. The van der Waals surface area contributed by atoms with Gasteiger partial charge in [-0.2, -0.15) is 14.7 Å². The molecule has 0 spiro atoms. The number of aromatic nitrogens is 3. The van der Waals surface area contributed by atoms with Gasteiger partial charge in [-0.05, 0) is 45.0 Å². The van der Waals surface area contributed by atoms with Crippen LogP contribution in [-0.4, -0.2) is 45.9 Å². The van der Waals surface area contributed by atoms with Gasteiger partial charge >= 0.3 is 5.97 Å². The Kier molecular flexibility index (Phi) is 7.91. The van der Waals surface area contributed by atoms with Crippen LogP contribution in [0.15, 0.2) is 54.7 Å². The molecule has 0 aliphatic carbocycles. The summed E-state index contributed by atoms with van der Waals surface area (Å²) >= 11 is 0. The van der Waals surface area contributed by atoms with Crippen LogP contribution in [0.1, 0.15) is 20.8 Å². The summed E-state index contributed by atoms with van der Waals surface area (Å²) in [6.45, 7) is 5.60. The summed E-state index contributed by atoms with van der Waals surface area (Å²) in [6.07, 6.45) is 1.47. The van der Waals surface area contributed by atoms with Gasteiger partial charge in [-0.15, -0.1) is 0 Å². The third-order valence-corrected chi connectivity index (χ3v) is 5.25. The Bertz CT molecular complexity index is 1520. The van der Waals surface area contributed by atoms with Crippen molar-refractivity contribution in [1.82, 2.24) is 14.7 Å². The van der Waals surface area contributed by atoms with Crippen molar-refractivity contribution < 1.29 is 33.2 Å². The first kappa shape index (κ1) is 27.3. The van der Waals surface area contributed by atoms with Gasteiger partial charge in [-0.25, -0.2) is 9.18 Å². The fourth-order valence-corrected chi connectivity index (χ4v) is 3.23. The summed E-state index contributed by atoms with van der Waals surface area (Å²) in [5.74, 6) is -0.923. The van der Waals surface area contributed by atoms with Gasteiger partial charge in [0, 0.05) is 31.1 Å². The lowest BCUT2D eigenvalue weighted by Crippen LogP contribution is -2.31. The van der Waals surface area contributed by atoms with E-state index in [1.807, 2.05) is 0 Å². The topological polar surface area (TPSA) is 140 Å². The van der Waals surface area contributed by atoms with Crippen molar-refractivity contribution in [3.63, 3.8) is 0 Å². The molecule has 4 aromatic rings. The van der Waals surface area contributed by atoms with Crippen LogP contribution in [0.3, 0.4) is 0 Å². The number of non-ortho nitro benzene ring substituents is 1. The first-order chi connectivity index (χ1) is 18.5. The third kappa shape index (κ3) is 6.57. The van der Waals surface area contributed by atoms with Gasteiger partial charge in [-0.3, -0.25) is 10.1 Å². The summed E-state index contributed by atoms with van der Waals surface area (Å²) < 4.78 is 31.9. The Balaban J connectivity index is 1.71. The Labute approximate surface area is 222 Å². The van der Waals surface area contributed by atoms with Gasteiger partial charge < -0.3 is 24.4 Å². The minimum Gasteiger partial charge on any atom is -0.488 e. The van der Waals surface area contributed by atoms with E-state index < -0.39 is 22.1 Å². The zero-order valence-electron chi connectivity index (χ0n) is 21.6. The molecule has 0 atom stereocenters. The van der Waals surface area contributed by atoms with Gasteiger partial charge in [0.1, 0.15) is 12.4 Å². The number of halogens is 1. The molecule has 204 valence electrons. The molecular formula is C26H26FN5O7. The number of hydrogen-bond donors (Lipinski definition) is 1. The number of hydrogen-bond acceptors (Lipinski definition) is 10. The normalized spacial score (nSPS) is 11.3. The summed E-state index contributed by atoms with van der Waals surface area (Å²) in [5.41, 5.74) is -0.490. The second-order valence-corrected chi connectivity index (χ2v) is 9.33. The minimum atomic E-state index is -0.794. The molecule has 2 heterocycles. The summed E-state index contributed by atoms with van der Waals surface area (Å²) in [4.78, 5) is 37.5. The van der Waals surface area contributed by atoms with E-state index in [2.05, 4.69) is 15.3 Å². The van der Waals surface area contributed by atoms with Crippen molar-refractivity contribution in [2.24, 2.45) is 5.41 Å². The van der Waals surface area contributed by atoms with Crippen molar-refractivity contribution in [3.05, 3.63) is 70.7 Å². The molecule has 13 heteroatoms. The molecule has 2 aromatic heterocycles. The van der Waals surface area contributed by atoms with Crippen LogP contribution in [0.25, 0.3) is 11.0 Å². The van der Waals surface area contributed by atoms with E-state index >= 15 is 0 Å². The molecule has 0 radical (unpaired) electrons. The number of methoxy groups -OCH3 is 1. The Morgan fingerprint density at radius 2 is 1.92 bits per heavy atom. The molecule has 0 bridgehead atoms. The minimum absolute atomic E-state index is 0.0119. The zero-order valence-corrected chi connectivity index (χ0v) is 21.6. The number of benzene rings is 2. The van der Waals surface area contributed by atoms with E-state index in [1.165, 1.54) is 54.4 Å². The second kappa shape index (κ2) is 11.3. The highest BCUT2D eigenvalue weighted by atomic mass is 19.1. The number of carbonyl (C=O) groups is 1. The number of nitrogens with one attached hydrogen (secondary N) is 1. The molecule has 1 N–H and O–H groups in total. The number of nitro groups is 1. The monoisotopic (exact) mass is 539 g/mol. The van der Waals surface area contributed by atoms with Gasteiger partial charge in [0.05, 0.1) is 28.4 Å². The molecule has 12 nitrogen and oxygen atoms in total. The average molecular weight is 540 g/mol. The maximum absolute atomic E-state index is 14.6. The maximum Gasteiger partial charge on any atom is 0.338 e. The van der Waals surface area contributed by atoms with E-state index in [9.17, 15) is 19.3 Å². The Morgan fingerprint density at radius 3 is 2.62 bits per heavy atom. The summed E-state index contributed by atoms with van der Waals surface area (Å²) in [7, 11) is 1.51. The predicted octanol–water partition coefficient (Wildman–Crippen LogP) is 5.04. The number of ether oxygens (including phenoxy) is 3. The van der Waals surface area contributed by atoms with Crippen molar-refractivity contribution >= 4 is 34.3 Å². The molecule has 0 aliphatic heterocycles. The molecule has 0 saturated carbocycles. The van der Waals surface area contributed by atoms with E-state index in [4.69, 9.17) is 19.0 Å². The number of carbonyl (C=O) groups excluding carboxylic acids is 1. The van der Waals surface area contributed by atoms with Crippen LogP contribution in [-0.2, 0) is 9.53 Å². The van der Waals surface area contributed by atoms with E-state index in [0.29, 0.717) is 17.7 Å². The van der Waals surface area contributed by atoms with Gasteiger partial charge in [0.2, 0.25) is 11.8 Å². The number of nitro benzene ring substituents is 1. The molecular weight excluding hydrogens is 513 g/mol. The SMILES string of the molecule is COCCOc1ccc(Nc2nc(Oc3cccc([N+](=O)[O-])c3)c3ccn(OC(=O)C(C)(C)C)c3n2)cc1F. The quantitative estimate of drug-likeness (QED) is 0.166. The van der Waals surface area contributed by atoms with Crippen LogP contribution in [0, 0.1) is 21.3 Å². The van der Waals surface area contributed by atoms with Crippen LogP contribution >= 0.6 is 0 Å². The van der Waals surface area contributed by atoms with Gasteiger partial charge in [-0.1, -0.05) is 6.07 Å². The fraction of sp³-hybridized carbons (Fsp3) is 0.269. The number of rotatable bonds is 10. The number of anilines is 2. The molecule has 0 saturated heterocycles. The van der Waals surface area contributed by atoms with Crippen molar-refractivity contribution in [2.75, 3.05) is 25.6 Å². The first-order valence-corrected chi connectivity index (χ1v) is 11.8. The summed E-state index contributed by atoms with van der Waals surface area (Å²) in [5, 5.41) is 14.5. The Hall–Kier alpha value is -4.78. The fourth-order valence-electron chi connectivity index (χ4n) is 3.23. The smallest absolute Gasteiger partial charge is 0.338 e. The Morgan fingerprint density at radius 1 is 1.13 bits per heavy atom. The first-order valence-electron chi connectivity index (χ1n) is 11.8. The molecule has 0 unspecified atom stereocenters. The number of nitrogens with zero attached hydrogens (tertiary/aromatic N) is 4. The van der Waals surface area contributed by atoms with E-state index in [1.54, 1.807) is 32.9 Å². The highest BCUT2D eigenvalue weighted by Gasteiger charge is 2.26. The van der Waals surface area contributed by atoms with E-state index in [-0.39, 0.29) is 41.3 Å². The lowest BCUT2D eigenvalue weighted by Gasteiger charge is -2.16. The van der Waals surface area contributed by atoms with Crippen LogP contribution < -0.4 is 19.6 Å². The average Bonchev–Trinajstić information content (AvgIpc) is 3.28. The molecule has 0 aliphatic rings. The highest BCUT2D eigenvalue weighted by molar-refractivity contribution is 5.84. The van der Waals surface area contributed by atoms with Crippen LogP contribution in [0.4, 0.5) is 21.7 Å².